The number of rotatable bonds is 8. The maximum atomic E-state index is 18.0. The molecule has 6 saturated carbocycles. The predicted molar refractivity (Wildman–Crippen MR) is 237 cm³/mol. The van der Waals surface area contributed by atoms with Crippen LogP contribution in [0.5, 0.6) is 0 Å². The highest BCUT2D eigenvalue weighted by atomic mass is 33.5. The molecule has 2 N–H and O–H groups in total. The summed E-state index contributed by atoms with van der Waals surface area (Å²) in [6, 6.07) is 0. The number of hydrogen-bond donors (Lipinski definition) is 2. The van der Waals surface area contributed by atoms with E-state index in [0.717, 1.165) is 22.0 Å². The van der Waals surface area contributed by atoms with E-state index in [1.807, 2.05) is 0 Å². The van der Waals surface area contributed by atoms with Crippen LogP contribution in [0.3, 0.4) is 0 Å². The first-order chi connectivity index (χ1) is 30.2. The van der Waals surface area contributed by atoms with E-state index in [4.69, 9.17) is 9.47 Å². The van der Waals surface area contributed by atoms with Crippen LogP contribution in [0.4, 0.5) is 17.6 Å². The average Bonchev–Trinajstić information content (AvgIpc) is 3.60. The van der Waals surface area contributed by atoms with Crippen molar-refractivity contribution in [2.75, 3.05) is 0 Å². The zero-order valence-electron chi connectivity index (χ0n) is 37.8. The molecule has 0 aromatic carbocycles. The fourth-order valence-electron chi connectivity index (χ4n) is 15.1. The van der Waals surface area contributed by atoms with Gasteiger partial charge in [0, 0.05) is 58.2 Å². The second-order valence-electron chi connectivity index (χ2n) is 20.9. The molecule has 10 nitrogen and oxygen atoms in total. The van der Waals surface area contributed by atoms with Crippen LogP contribution in [-0.2, 0) is 38.2 Å². The SMILES string of the molecule is CCC(=O)O[C@]1(C(=O)SSSC(=O)[C@]2(OC(=O)CC)[C@@H](C)C[C@@H]3[C@H]4C[C@@H](F)C5=CC(=O)C=C[C@@]5(C)[C@]4(F)[C@H](O)C[C@]32C)[C@H](C)C[C@H]2[C@@H]3C[C@H](F)C4=CC(=O)C=C[C@]4(C)[C@@]3(F)[C@@H](O)C[C@@]21C. The van der Waals surface area contributed by atoms with Crippen molar-refractivity contribution in [1.82, 2.24) is 0 Å². The molecule has 0 aliphatic heterocycles. The molecule has 8 rings (SSSR count). The number of halogens is 4. The lowest BCUT2D eigenvalue weighted by molar-refractivity contribution is -0.228. The van der Waals surface area contributed by atoms with E-state index in [1.54, 1.807) is 41.5 Å². The second-order valence-corrected chi connectivity index (χ2v) is 24.8. The number of allylic oxidation sites excluding steroid dienone is 8. The monoisotopic (exact) mass is 966 g/mol. The summed E-state index contributed by atoms with van der Waals surface area (Å²) in [7, 11) is 1.92. The molecule has 65 heavy (non-hydrogen) atoms. The van der Waals surface area contributed by atoms with Crippen molar-refractivity contribution in [2.45, 2.75) is 154 Å². The topological polar surface area (TPSA) is 161 Å². The minimum atomic E-state index is -2.45. The van der Waals surface area contributed by atoms with Crippen molar-refractivity contribution in [3.8, 4) is 0 Å². The number of aliphatic hydroxyl groups is 2. The number of ether oxygens (including phenoxy) is 2. The Kier molecular flexibility index (Phi) is 11.9. The summed E-state index contributed by atoms with van der Waals surface area (Å²) in [6.45, 7) is 12.7. The Morgan fingerprint density at radius 2 is 1.00 bits per heavy atom. The van der Waals surface area contributed by atoms with E-state index in [-0.39, 0.29) is 62.5 Å². The number of carbonyl (C=O) groups excluding carboxylic acids is 6. The molecule has 8 aliphatic rings. The van der Waals surface area contributed by atoms with Crippen LogP contribution in [-0.4, -0.2) is 91.0 Å². The maximum Gasteiger partial charge on any atom is 0.306 e. The van der Waals surface area contributed by atoms with Crippen LogP contribution >= 0.6 is 31.4 Å². The molecule has 8 aliphatic carbocycles. The largest absolute Gasteiger partial charge is 0.449 e. The Balaban J connectivity index is 1.10. The van der Waals surface area contributed by atoms with Gasteiger partial charge in [-0.1, -0.05) is 53.7 Å². The van der Waals surface area contributed by atoms with Crippen molar-refractivity contribution in [2.24, 2.45) is 57.2 Å². The Hall–Kier alpha value is -2.73. The highest BCUT2D eigenvalue weighted by molar-refractivity contribution is 9.14. The van der Waals surface area contributed by atoms with Gasteiger partial charge in [-0.15, -0.1) is 0 Å². The molecule has 0 aromatic rings. The molecule has 356 valence electrons. The predicted octanol–water partition coefficient (Wildman–Crippen LogP) is 8.58. The first-order valence-corrected chi connectivity index (χ1v) is 26.2. The lowest BCUT2D eigenvalue weighted by Crippen LogP contribution is -2.70. The highest BCUT2D eigenvalue weighted by Crippen LogP contribution is 2.75. The van der Waals surface area contributed by atoms with Crippen molar-refractivity contribution in [1.29, 1.82) is 0 Å². The van der Waals surface area contributed by atoms with E-state index in [1.165, 1.54) is 38.2 Å². The van der Waals surface area contributed by atoms with Gasteiger partial charge in [0.25, 0.3) is 0 Å². The van der Waals surface area contributed by atoms with Crippen molar-refractivity contribution in [3.05, 3.63) is 47.6 Å². The molecular weight excluding hydrogens is 909 g/mol. The first kappa shape index (κ1) is 48.7. The molecule has 0 bridgehead atoms. The van der Waals surface area contributed by atoms with Crippen LogP contribution in [0.15, 0.2) is 47.6 Å². The van der Waals surface area contributed by atoms with Crippen LogP contribution in [0.25, 0.3) is 0 Å². The third-order valence-corrected chi connectivity index (χ3v) is 21.9. The minimum absolute atomic E-state index is 0.0539. The standard InChI is InChI=1S/C48H58F4O10S3/c1-9-37(57)61-47(23(3)15-27-29-19-33(49)31-17-25(53)11-13-41(31,5)45(29,51)35(55)21-43(27,47)7)39(59)63-65-64-40(60)48(62-38(58)10-2)24(4)16-28-30-20-34(50)32-18-26(54)12-14-42(32,6)46(30,52)36(56)22-44(28,48)8/h11-14,17-18,23-24,27-30,33-36,55-56H,9-10,15-16,19-22H2,1-8H3/t23-,24+,27+,28-,29+,30-,33+,34-,35+,36-,41+,42-,43+,44-,45+,46-,47+,48-. The summed E-state index contributed by atoms with van der Waals surface area (Å²) in [4.78, 5) is 81.5. The zero-order chi connectivity index (χ0) is 47.8. The average molecular weight is 967 g/mol. The first-order valence-electron chi connectivity index (χ1n) is 22.7. The Morgan fingerprint density at radius 3 is 1.34 bits per heavy atom. The van der Waals surface area contributed by atoms with Crippen molar-refractivity contribution >= 4 is 65.1 Å². The summed E-state index contributed by atoms with van der Waals surface area (Å²) < 4.78 is 80.8. The van der Waals surface area contributed by atoms with Crippen LogP contribution < -0.4 is 0 Å². The molecular formula is C48H58F4O10S3. The molecule has 0 amide bonds. The fraction of sp³-hybridized carbons (Fsp3) is 0.708. The normalized spacial score (nSPS) is 49.3. The summed E-state index contributed by atoms with van der Waals surface area (Å²) in [6.07, 6.45) is -1.32. The molecule has 0 spiro atoms. The van der Waals surface area contributed by atoms with E-state index in [9.17, 15) is 29.4 Å². The Labute approximate surface area is 388 Å². The molecule has 0 heterocycles. The summed E-state index contributed by atoms with van der Waals surface area (Å²) in [5, 5.41) is 22.6. The van der Waals surface area contributed by atoms with Gasteiger partial charge >= 0.3 is 11.9 Å². The third-order valence-electron chi connectivity index (χ3n) is 18.3. The lowest BCUT2D eigenvalue weighted by Gasteiger charge is -2.63. The number of fused-ring (bicyclic) bond motifs is 10. The number of ketones is 2. The van der Waals surface area contributed by atoms with Crippen LogP contribution in [0, 0.1) is 57.2 Å². The van der Waals surface area contributed by atoms with Gasteiger partial charge in [0.1, 0.15) is 12.3 Å². The van der Waals surface area contributed by atoms with E-state index >= 15 is 27.2 Å². The van der Waals surface area contributed by atoms with Gasteiger partial charge < -0.3 is 19.7 Å². The number of esters is 2. The highest BCUT2D eigenvalue weighted by Gasteiger charge is 2.80. The maximum absolute atomic E-state index is 18.0. The molecule has 0 aromatic heterocycles. The molecule has 0 saturated heterocycles. The van der Waals surface area contributed by atoms with Gasteiger partial charge in [-0.2, -0.15) is 0 Å². The van der Waals surface area contributed by atoms with E-state index in [2.05, 4.69) is 0 Å². The second kappa shape index (κ2) is 15.9. The fourth-order valence-corrected chi connectivity index (χ4v) is 19.1. The van der Waals surface area contributed by atoms with Gasteiger partial charge in [-0.3, -0.25) is 28.8 Å². The molecule has 0 radical (unpaired) electrons. The molecule has 17 heteroatoms. The van der Waals surface area contributed by atoms with Gasteiger partial charge in [0.15, 0.2) is 34.1 Å². The summed E-state index contributed by atoms with van der Waals surface area (Å²) >= 11 is 0. The quantitative estimate of drug-likeness (QED) is 0.135. The van der Waals surface area contributed by atoms with Gasteiger partial charge in [-0.25, -0.2) is 17.6 Å². The number of hydrogen-bond acceptors (Lipinski definition) is 13. The zero-order valence-corrected chi connectivity index (χ0v) is 40.2. The minimum Gasteiger partial charge on any atom is -0.449 e. The Morgan fingerprint density at radius 1 is 0.646 bits per heavy atom. The molecule has 0 unspecified atom stereocenters. The lowest BCUT2D eigenvalue weighted by atomic mass is 9.44. The molecule has 6 fully saturated rings. The van der Waals surface area contributed by atoms with E-state index in [0.29, 0.717) is 21.6 Å². The number of alkyl halides is 4. The number of carbonyl (C=O) groups is 6. The Bertz CT molecular complexity index is 2100. The molecule has 18 atom stereocenters. The van der Waals surface area contributed by atoms with Gasteiger partial charge in [-0.05, 0) is 131 Å². The van der Waals surface area contributed by atoms with Gasteiger partial charge in [0.05, 0.1) is 12.2 Å². The van der Waals surface area contributed by atoms with Crippen LogP contribution in [0.2, 0.25) is 0 Å². The van der Waals surface area contributed by atoms with Gasteiger partial charge in [0.2, 0.25) is 10.2 Å². The third kappa shape index (κ3) is 6.14. The number of aliphatic hydroxyl groups excluding tert-OH is 2. The van der Waals surface area contributed by atoms with Crippen molar-refractivity contribution < 1.29 is 66.0 Å². The smallest absolute Gasteiger partial charge is 0.306 e. The summed E-state index contributed by atoms with van der Waals surface area (Å²) in [5.74, 6) is -7.86. The summed E-state index contributed by atoms with van der Waals surface area (Å²) in [5.41, 5.74) is -15.2. The van der Waals surface area contributed by atoms with Crippen LogP contribution in [0.1, 0.15) is 107 Å². The van der Waals surface area contributed by atoms with E-state index < -0.39 is 138 Å². The van der Waals surface area contributed by atoms with Crippen molar-refractivity contribution in [3.63, 3.8) is 0 Å².